The Bertz CT molecular complexity index is 225. The summed E-state index contributed by atoms with van der Waals surface area (Å²) in [6, 6.07) is 2.38. The summed E-state index contributed by atoms with van der Waals surface area (Å²) >= 11 is 0. The fourth-order valence-electron chi connectivity index (χ4n) is 3.01. The Morgan fingerprint density at radius 1 is 1.13 bits per heavy atom. The van der Waals surface area contributed by atoms with Crippen molar-refractivity contribution >= 4 is 8.07 Å². The van der Waals surface area contributed by atoms with E-state index in [0.29, 0.717) is 5.41 Å². The van der Waals surface area contributed by atoms with Gasteiger partial charge in [0.2, 0.25) is 0 Å². The first-order chi connectivity index (χ1) is 6.89. The first-order valence-electron chi connectivity index (χ1n) is 6.62. The zero-order chi connectivity index (χ0) is 11.1. The van der Waals surface area contributed by atoms with E-state index >= 15 is 0 Å². The Morgan fingerprint density at radius 2 is 1.73 bits per heavy atom. The molecule has 2 aliphatic carbocycles. The van der Waals surface area contributed by atoms with E-state index in [-0.39, 0.29) is 0 Å². The molecule has 0 aliphatic heterocycles. The largest absolute Gasteiger partial charge is 0.313 e. The molecule has 2 aliphatic rings. The fraction of sp³-hybridized carbons (Fsp3) is 1.00. The maximum absolute atomic E-state index is 3.76. The van der Waals surface area contributed by atoms with Crippen molar-refractivity contribution in [2.24, 2.45) is 11.3 Å². The van der Waals surface area contributed by atoms with E-state index in [0.717, 1.165) is 12.0 Å². The molecule has 2 rings (SSSR count). The molecule has 0 aromatic carbocycles. The van der Waals surface area contributed by atoms with Gasteiger partial charge in [0.25, 0.3) is 0 Å². The Kier molecular flexibility index (Phi) is 3.02. The second kappa shape index (κ2) is 3.88. The molecule has 2 heteroatoms. The van der Waals surface area contributed by atoms with Gasteiger partial charge in [0.15, 0.2) is 0 Å². The molecule has 0 spiro atoms. The summed E-state index contributed by atoms with van der Waals surface area (Å²) in [5.41, 5.74) is 0.618. The van der Waals surface area contributed by atoms with E-state index in [1.54, 1.807) is 0 Å². The standard InChI is InChI=1S/C13H27NSi/c1-13(11-5-6-11,10-15(2,3)4)9-14-12-7-8-12/h11-12,14H,5-10H2,1-4H3. The van der Waals surface area contributed by atoms with Gasteiger partial charge in [-0.2, -0.15) is 0 Å². The van der Waals surface area contributed by atoms with E-state index < -0.39 is 8.07 Å². The summed E-state index contributed by atoms with van der Waals surface area (Å²) in [7, 11) is -0.907. The molecule has 2 saturated carbocycles. The van der Waals surface area contributed by atoms with Gasteiger partial charge in [0.05, 0.1) is 0 Å². The normalized spacial score (nSPS) is 26.4. The molecule has 2 fully saturated rings. The number of hydrogen-bond acceptors (Lipinski definition) is 1. The lowest BCUT2D eigenvalue weighted by atomic mass is 9.87. The molecule has 0 saturated heterocycles. The van der Waals surface area contributed by atoms with E-state index in [1.807, 2.05) is 0 Å². The van der Waals surface area contributed by atoms with Crippen molar-refractivity contribution in [3.05, 3.63) is 0 Å². The SMILES string of the molecule is CC(CNC1CC1)(C[Si](C)(C)C)C1CC1. The van der Waals surface area contributed by atoms with Gasteiger partial charge in [-0.3, -0.25) is 0 Å². The van der Waals surface area contributed by atoms with Gasteiger partial charge in [-0.05, 0) is 37.0 Å². The van der Waals surface area contributed by atoms with Crippen LogP contribution in [0.1, 0.15) is 32.6 Å². The highest BCUT2D eigenvalue weighted by atomic mass is 28.3. The van der Waals surface area contributed by atoms with Gasteiger partial charge in [-0.1, -0.05) is 32.6 Å². The lowest BCUT2D eigenvalue weighted by Gasteiger charge is -2.35. The zero-order valence-electron chi connectivity index (χ0n) is 10.9. The minimum Gasteiger partial charge on any atom is -0.313 e. The van der Waals surface area contributed by atoms with Crippen LogP contribution in [0.2, 0.25) is 25.7 Å². The van der Waals surface area contributed by atoms with Crippen molar-refractivity contribution in [1.29, 1.82) is 0 Å². The molecule has 0 heterocycles. The summed E-state index contributed by atoms with van der Waals surface area (Å²) in [5, 5.41) is 3.76. The summed E-state index contributed by atoms with van der Waals surface area (Å²) in [6.45, 7) is 11.4. The lowest BCUT2D eigenvalue weighted by Crippen LogP contribution is -2.40. The molecular weight excluding hydrogens is 198 g/mol. The Balaban J connectivity index is 1.89. The van der Waals surface area contributed by atoms with E-state index in [4.69, 9.17) is 0 Å². The van der Waals surface area contributed by atoms with Crippen LogP contribution in [0, 0.1) is 11.3 Å². The molecule has 1 nitrogen and oxygen atoms in total. The molecule has 0 amide bonds. The topological polar surface area (TPSA) is 12.0 Å². The predicted octanol–water partition coefficient (Wildman–Crippen LogP) is 3.49. The maximum atomic E-state index is 3.76. The molecule has 0 aromatic rings. The van der Waals surface area contributed by atoms with Crippen LogP contribution in [0.25, 0.3) is 0 Å². The van der Waals surface area contributed by atoms with Crippen molar-refractivity contribution in [3.63, 3.8) is 0 Å². The summed E-state index contributed by atoms with van der Waals surface area (Å²) in [4.78, 5) is 0. The van der Waals surface area contributed by atoms with E-state index in [2.05, 4.69) is 31.9 Å². The van der Waals surface area contributed by atoms with Gasteiger partial charge >= 0.3 is 0 Å². The Morgan fingerprint density at radius 3 is 2.13 bits per heavy atom. The quantitative estimate of drug-likeness (QED) is 0.682. The summed E-state index contributed by atoms with van der Waals surface area (Å²) in [5.74, 6) is 1.04. The van der Waals surface area contributed by atoms with Crippen molar-refractivity contribution in [3.8, 4) is 0 Å². The zero-order valence-corrected chi connectivity index (χ0v) is 11.9. The van der Waals surface area contributed by atoms with Gasteiger partial charge < -0.3 is 5.32 Å². The van der Waals surface area contributed by atoms with Crippen LogP contribution < -0.4 is 5.32 Å². The Hall–Kier alpha value is 0.177. The molecule has 1 atom stereocenters. The second-order valence-electron chi connectivity index (χ2n) is 7.32. The third-order valence-electron chi connectivity index (χ3n) is 3.87. The monoisotopic (exact) mass is 225 g/mol. The van der Waals surface area contributed by atoms with E-state index in [1.165, 1.54) is 38.3 Å². The lowest BCUT2D eigenvalue weighted by molar-refractivity contribution is 0.287. The highest BCUT2D eigenvalue weighted by Crippen LogP contribution is 2.49. The van der Waals surface area contributed by atoms with Crippen molar-refractivity contribution in [2.45, 2.75) is 64.3 Å². The average molecular weight is 225 g/mol. The molecule has 1 N–H and O–H groups in total. The number of hydrogen-bond donors (Lipinski definition) is 1. The molecule has 0 bridgehead atoms. The minimum atomic E-state index is -0.907. The third kappa shape index (κ3) is 3.60. The molecule has 0 radical (unpaired) electrons. The first-order valence-corrected chi connectivity index (χ1v) is 10.3. The molecule has 0 aromatic heterocycles. The summed E-state index contributed by atoms with van der Waals surface area (Å²) < 4.78 is 0. The Labute approximate surface area is 96.0 Å². The molecular formula is C13H27NSi. The van der Waals surface area contributed by atoms with Crippen LogP contribution in [0.15, 0.2) is 0 Å². The van der Waals surface area contributed by atoms with Crippen LogP contribution >= 0.6 is 0 Å². The third-order valence-corrected chi connectivity index (χ3v) is 5.74. The van der Waals surface area contributed by atoms with Crippen molar-refractivity contribution in [1.82, 2.24) is 5.32 Å². The number of nitrogens with one attached hydrogen (secondary N) is 1. The van der Waals surface area contributed by atoms with Gasteiger partial charge in [0.1, 0.15) is 0 Å². The highest BCUT2D eigenvalue weighted by Gasteiger charge is 2.44. The van der Waals surface area contributed by atoms with Crippen LogP contribution in [0.5, 0.6) is 0 Å². The predicted molar refractivity (Wildman–Crippen MR) is 70.0 cm³/mol. The van der Waals surface area contributed by atoms with Gasteiger partial charge in [0, 0.05) is 20.7 Å². The van der Waals surface area contributed by atoms with Gasteiger partial charge in [-0.15, -0.1) is 0 Å². The highest BCUT2D eigenvalue weighted by molar-refractivity contribution is 6.76. The summed E-state index contributed by atoms with van der Waals surface area (Å²) in [6.07, 6.45) is 5.84. The minimum absolute atomic E-state index is 0.618. The first kappa shape index (κ1) is 11.7. The van der Waals surface area contributed by atoms with Crippen molar-refractivity contribution < 1.29 is 0 Å². The van der Waals surface area contributed by atoms with Crippen LogP contribution in [0.4, 0.5) is 0 Å². The molecule has 1 unspecified atom stereocenters. The van der Waals surface area contributed by atoms with Crippen molar-refractivity contribution in [2.75, 3.05) is 6.54 Å². The molecule has 15 heavy (non-hydrogen) atoms. The van der Waals surface area contributed by atoms with Crippen LogP contribution in [0.3, 0.4) is 0 Å². The van der Waals surface area contributed by atoms with Gasteiger partial charge in [-0.25, -0.2) is 0 Å². The van der Waals surface area contributed by atoms with E-state index in [9.17, 15) is 0 Å². The smallest absolute Gasteiger partial charge is 0.0448 e. The number of rotatable bonds is 6. The average Bonchev–Trinajstić information content (AvgIpc) is 2.92. The van der Waals surface area contributed by atoms with Crippen LogP contribution in [-0.2, 0) is 0 Å². The van der Waals surface area contributed by atoms with Crippen LogP contribution in [-0.4, -0.2) is 20.7 Å². The maximum Gasteiger partial charge on any atom is 0.0448 e. The molecule has 88 valence electrons. The fourth-order valence-corrected chi connectivity index (χ4v) is 5.84. The second-order valence-corrected chi connectivity index (χ2v) is 12.8.